The van der Waals surface area contributed by atoms with Crippen LogP contribution < -0.4 is 10.5 Å². The third kappa shape index (κ3) is 3.36. The summed E-state index contributed by atoms with van der Waals surface area (Å²) in [6.07, 6.45) is 2.29. The van der Waals surface area contributed by atoms with Crippen molar-refractivity contribution in [2.24, 2.45) is 0 Å². The van der Waals surface area contributed by atoms with Gasteiger partial charge >= 0.3 is 0 Å². The molecule has 0 saturated carbocycles. The van der Waals surface area contributed by atoms with Crippen LogP contribution in [0.1, 0.15) is 16.1 Å². The molecule has 1 aromatic carbocycles. The molecule has 20 heavy (non-hydrogen) atoms. The second-order valence-corrected chi connectivity index (χ2v) is 7.27. The molecule has 0 aliphatic heterocycles. The zero-order valence-electron chi connectivity index (χ0n) is 11.4. The molecule has 3 N–H and O–H groups in total. The number of sulfonamides is 1. The highest BCUT2D eigenvalue weighted by atomic mass is 32.2. The molecule has 1 heterocycles. The van der Waals surface area contributed by atoms with Crippen molar-refractivity contribution in [1.82, 2.24) is 9.71 Å². The summed E-state index contributed by atoms with van der Waals surface area (Å²) in [5.74, 6) is 0. The number of rotatable bonds is 5. The highest BCUT2D eigenvalue weighted by Crippen LogP contribution is 2.21. The number of nitrogens with two attached hydrogens (primary N) is 1. The quantitative estimate of drug-likeness (QED) is 0.825. The van der Waals surface area contributed by atoms with Crippen LogP contribution in [0, 0.1) is 13.8 Å². The second-order valence-electron chi connectivity index (χ2n) is 4.53. The van der Waals surface area contributed by atoms with Gasteiger partial charge in [-0.3, -0.25) is 0 Å². The average molecular weight is 311 g/mol. The monoisotopic (exact) mass is 311 g/mol. The lowest BCUT2D eigenvalue weighted by Gasteiger charge is -2.10. The molecule has 1 aromatic heterocycles. The van der Waals surface area contributed by atoms with Crippen LogP contribution in [0.5, 0.6) is 0 Å². The van der Waals surface area contributed by atoms with Gasteiger partial charge in [-0.25, -0.2) is 18.1 Å². The fourth-order valence-corrected chi connectivity index (χ4v) is 3.53. The Bertz CT molecular complexity index is 671. The number of benzene rings is 1. The van der Waals surface area contributed by atoms with Crippen LogP contribution >= 0.6 is 11.3 Å². The first-order valence-electron chi connectivity index (χ1n) is 6.15. The molecule has 0 spiro atoms. The molecule has 0 aliphatic rings. The zero-order chi connectivity index (χ0) is 14.8. The molecule has 0 saturated heterocycles. The summed E-state index contributed by atoms with van der Waals surface area (Å²) in [5, 5.41) is 2.78. The molecular formula is C13H17N3O2S2. The van der Waals surface area contributed by atoms with Gasteiger partial charge in [-0.15, -0.1) is 11.3 Å². The Labute approximate surface area is 122 Å². The summed E-state index contributed by atoms with van der Waals surface area (Å²) in [7, 11) is -3.53. The van der Waals surface area contributed by atoms with Crippen molar-refractivity contribution in [3.8, 4) is 0 Å². The number of hydrogen-bond donors (Lipinski definition) is 2. The maximum absolute atomic E-state index is 12.2. The van der Waals surface area contributed by atoms with Gasteiger partial charge in [0.2, 0.25) is 10.0 Å². The molecule has 0 unspecified atom stereocenters. The van der Waals surface area contributed by atoms with Gasteiger partial charge in [0.15, 0.2) is 0 Å². The molecule has 0 radical (unpaired) electrons. The predicted octanol–water partition coefficient (Wildman–Crippen LogP) is 1.86. The molecular weight excluding hydrogens is 294 g/mol. The smallest absolute Gasteiger partial charge is 0.240 e. The van der Waals surface area contributed by atoms with E-state index >= 15 is 0 Å². The van der Waals surface area contributed by atoms with Gasteiger partial charge in [0, 0.05) is 30.2 Å². The minimum Gasteiger partial charge on any atom is -0.398 e. The van der Waals surface area contributed by atoms with Crippen molar-refractivity contribution >= 4 is 27.0 Å². The minimum atomic E-state index is -3.53. The van der Waals surface area contributed by atoms with Crippen LogP contribution in [-0.2, 0) is 16.4 Å². The molecule has 0 amide bonds. The molecule has 2 rings (SSSR count). The van der Waals surface area contributed by atoms with Crippen LogP contribution in [0.15, 0.2) is 28.6 Å². The van der Waals surface area contributed by atoms with E-state index in [9.17, 15) is 8.42 Å². The van der Waals surface area contributed by atoms with Crippen molar-refractivity contribution in [1.29, 1.82) is 0 Å². The normalized spacial score (nSPS) is 11.7. The highest BCUT2D eigenvalue weighted by Gasteiger charge is 2.15. The minimum absolute atomic E-state index is 0.206. The third-order valence-electron chi connectivity index (χ3n) is 3.11. The van der Waals surface area contributed by atoms with E-state index in [0.717, 1.165) is 16.1 Å². The van der Waals surface area contributed by atoms with E-state index in [2.05, 4.69) is 9.71 Å². The van der Waals surface area contributed by atoms with Gasteiger partial charge in [-0.05, 0) is 37.1 Å². The Morgan fingerprint density at radius 3 is 2.70 bits per heavy atom. The second kappa shape index (κ2) is 5.90. The Kier molecular flexibility index (Phi) is 4.42. The Morgan fingerprint density at radius 2 is 2.10 bits per heavy atom. The van der Waals surface area contributed by atoms with E-state index in [4.69, 9.17) is 5.73 Å². The van der Waals surface area contributed by atoms with Crippen LogP contribution in [0.2, 0.25) is 0 Å². The van der Waals surface area contributed by atoms with Gasteiger partial charge in [-0.2, -0.15) is 0 Å². The largest absolute Gasteiger partial charge is 0.398 e. The Morgan fingerprint density at radius 1 is 1.35 bits per heavy atom. The number of aromatic nitrogens is 1. The molecule has 108 valence electrons. The lowest BCUT2D eigenvalue weighted by atomic mass is 10.1. The van der Waals surface area contributed by atoms with Crippen molar-refractivity contribution in [3.05, 3.63) is 39.8 Å². The average Bonchev–Trinajstić information content (AvgIpc) is 2.88. The van der Waals surface area contributed by atoms with Crippen molar-refractivity contribution in [2.75, 3.05) is 12.3 Å². The summed E-state index contributed by atoms with van der Waals surface area (Å²) >= 11 is 1.51. The standard InChI is InChI=1S/C13H17N3O2S2/c1-9-7-11(8-12(14)10(9)2)20(17,18)16-4-3-13-15-5-6-19-13/h5-8,16H,3-4,14H2,1-2H3. The van der Waals surface area contributed by atoms with Crippen molar-refractivity contribution < 1.29 is 8.42 Å². The Balaban J connectivity index is 2.10. The number of anilines is 1. The highest BCUT2D eigenvalue weighted by molar-refractivity contribution is 7.89. The molecule has 2 aromatic rings. The first-order chi connectivity index (χ1) is 9.40. The Hall–Kier alpha value is -1.44. The van der Waals surface area contributed by atoms with Gasteiger partial charge in [0.1, 0.15) is 0 Å². The van der Waals surface area contributed by atoms with Gasteiger partial charge in [0.05, 0.1) is 9.90 Å². The third-order valence-corrected chi connectivity index (χ3v) is 5.39. The molecule has 0 bridgehead atoms. The maximum Gasteiger partial charge on any atom is 0.240 e. The number of nitrogen functional groups attached to an aromatic ring is 1. The molecule has 0 atom stereocenters. The number of aryl methyl sites for hydroxylation is 1. The summed E-state index contributed by atoms with van der Waals surface area (Å²) in [5.41, 5.74) is 8.09. The van der Waals surface area contributed by atoms with Crippen LogP contribution in [0.25, 0.3) is 0 Å². The lowest BCUT2D eigenvalue weighted by Crippen LogP contribution is -2.26. The van der Waals surface area contributed by atoms with E-state index in [1.54, 1.807) is 12.3 Å². The van der Waals surface area contributed by atoms with Crippen LogP contribution in [0.4, 0.5) is 5.69 Å². The molecule has 0 fully saturated rings. The van der Waals surface area contributed by atoms with E-state index in [1.807, 2.05) is 19.2 Å². The molecule has 5 nitrogen and oxygen atoms in total. The van der Waals surface area contributed by atoms with E-state index < -0.39 is 10.0 Å². The molecule has 7 heteroatoms. The summed E-state index contributed by atoms with van der Waals surface area (Å²) < 4.78 is 27.0. The number of hydrogen-bond acceptors (Lipinski definition) is 5. The summed E-state index contributed by atoms with van der Waals surface area (Å²) in [6.45, 7) is 4.04. The van der Waals surface area contributed by atoms with Crippen molar-refractivity contribution in [3.63, 3.8) is 0 Å². The van der Waals surface area contributed by atoms with E-state index in [1.165, 1.54) is 17.4 Å². The zero-order valence-corrected chi connectivity index (χ0v) is 13.0. The van der Waals surface area contributed by atoms with Gasteiger partial charge in [-0.1, -0.05) is 0 Å². The summed E-state index contributed by atoms with van der Waals surface area (Å²) in [6, 6.07) is 3.13. The maximum atomic E-state index is 12.2. The van der Waals surface area contributed by atoms with Gasteiger partial charge < -0.3 is 5.73 Å². The fourth-order valence-electron chi connectivity index (χ4n) is 1.76. The van der Waals surface area contributed by atoms with Gasteiger partial charge in [0.25, 0.3) is 0 Å². The number of nitrogens with zero attached hydrogens (tertiary/aromatic N) is 1. The summed E-state index contributed by atoms with van der Waals surface area (Å²) in [4.78, 5) is 4.32. The first-order valence-corrected chi connectivity index (χ1v) is 8.51. The van der Waals surface area contributed by atoms with E-state index in [0.29, 0.717) is 18.7 Å². The van der Waals surface area contributed by atoms with Crippen LogP contribution in [0.3, 0.4) is 0 Å². The first kappa shape index (κ1) is 15.0. The number of thiazole rings is 1. The number of nitrogens with one attached hydrogen (secondary N) is 1. The van der Waals surface area contributed by atoms with Crippen LogP contribution in [-0.4, -0.2) is 19.9 Å². The fraction of sp³-hybridized carbons (Fsp3) is 0.308. The van der Waals surface area contributed by atoms with E-state index in [-0.39, 0.29) is 4.90 Å². The molecule has 0 aliphatic carbocycles. The van der Waals surface area contributed by atoms with Crippen molar-refractivity contribution in [2.45, 2.75) is 25.2 Å². The topological polar surface area (TPSA) is 85.1 Å². The SMILES string of the molecule is Cc1cc(S(=O)(=O)NCCc2nccs2)cc(N)c1C. The predicted molar refractivity (Wildman–Crippen MR) is 81.3 cm³/mol. The lowest BCUT2D eigenvalue weighted by molar-refractivity contribution is 0.581.